The Hall–Kier alpha value is -3.51. The fourth-order valence-corrected chi connectivity index (χ4v) is 4.65. The number of halogens is 1. The third-order valence-electron chi connectivity index (χ3n) is 6.06. The predicted molar refractivity (Wildman–Crippen MR) is 130 cm³/mol. The SMILES string of the molecule is Cc1ccc(-n2cccc2[C@@H]2[C@H](c3ccccn3)NC(=S)N2c2ccccc2F)cc1C. The van der Waals surface area contributed by atoms with Crippen molar-refractivity contribution in [3.63, 3.8) is 0 Å². The number of thiocarbonyl (C=S) groups is 1. The zero-order valence-electron chi connectivity index (χ0n) is 17.9. The molecule has 6 heteroatoms. The van der Waals surface area contributed by atoms with Crippen molar-refractivity contribution in [3.8, 4) is 5.69 Å². The number of rotatable bonds is 4. The van der Waals surface area contributed by atoms with Crippen molar-refractivity contribution in [1.29, 1.82) is 0 Å². The number of hydrogen-bond donors (Lipinski definition) is 1. The molecule has 3 heterocycles. The molecule has 2 aromatic heterocycles. The molecule has 1 N–H and O–H groups in total. The minimum atomic E-state index is -0.312. The summed E-state index contributed by atoms with van der Waals surface area (Å²) in [6, 6.07) is 22.5. The molecule has 1 saturated heterocycles. The number of aryl methyl sites for hydroxylation is 2. The molecule has 160 valence electrons. The first-order valence-corrected chi connectivity index (χ1v) is 11.0. The summed E-state index contributed by atoms with van der Waals surface area (Å²) < 4.78 is 17.1. The molecule has 0 saturated carbocycles. The first-order valence-electron chi connectivity index (χ1n) is 10.5. The van der Waals surface area contributed by atoms with Crippen LogP contribution < -0.4 is 10.2 Å². The van der Waals surface area contributed by atoms with Crippen LogP contribution in [0.25, 0.3) is 5.69 Å². The quantitative estimate of drug-likeness (QED) is 0.405. The molecule has 32 heavy (non-hydrogen) atoms. The molecule has 0 unspecified atom stereocenters. The summed E-state index contributed by atoms with van der Waals surface area (Å²) in [7, 11) is 0. The number of para-hydroxylation sites is 1. The second-order valence-corrected chi connectivity index (χ2v) is 8.41. The van der Waals surface area contributed by atoms with Crippen LogP contribution in [0.1, 0.15) is 34.6 Å². The molecular formula is C26H23FN4S. The summed E-state index contributed by atoms with van der Waals surface area (Å²) in [6.45, 7) is 4.21. The van der Waals surface area contributed by atoms with E-state index in [1.165, 1.54) is 17.2 Å². The van der Waals surface area contributed by atoms with E-state index in [0.717, 1.165) is 17.1 Å². The van der Waals surface area contributed by atoms with Gasteiger partial charge in [-0.05, 0) is 85.7 Å². The third kappa shape index (κ3) is 3.46. The molecule has 0 amide bonds. The first kappa shape index (κ1) is 20.4. The lowest BCUT2D eigenvalue weighted by Crippen LogP contribution is -2.31. The van der Waals surface area contributed by atoms with Gasteiger partial charge in [0.2, 0.25) is 0 Å². The number of nitrogens with one attached hydrogen (secondary N) is 1. The maximum absolute atomic E-state index is 14.9. The predicted octanol–water partition coefficient (Wildman–Crippen LogP) is 5.81. The number of pyridine rings is 1. The normalized spacial score (nSPS) is 18.1. The van der Waals surface area contributed by atoms with E-state index in [2.05, 4.69) is 53.0 Å². The summed E-state index contributed by atoms with van der Waals surface area (Å²) in [6.07, 6.45) is 3.81. The van der Waals surface area contributed by atoms with Gasteiger partial charge in [-0.1, -0.05) is 24.3 Å². The molecule has 0 aliphatic carbocycles. The van der Waals surface area contributed by atoms with Crippen LogP contribution in [0.5, 0.6) is 0 Å². The smallest absolute Gasteiger partial charge is 0.174 e. The number of hydrogen-bond acceptors (Lipinski definition) is 2. The second-order valence-electron chi connectivity index (χ2n) is 8.02. The maximum Gasteiger partial charge on any atom is 0.174 e. The Morgan fingerprint density at radius 3 is 2.50 bits per heavy atom. The van der Waals surface area contributed by atoms with Gasteiger partial charge in [0.05, 0.1) is 17.4 Å². The summed E-state index contributed by atoms with van der Waals surface area (Å²) in [5.41, 5.74) is 5.81. The van der Waals surface area contributed by atoms with Crippen LogP contribution in [0.2, 0.25) is 0 Å². The minimum Gasteiger partial charge on any atom is -0.351 e. The van der Waals surface area contributed by atoms with Gasteiger partial charge < -0.3 is 14.8 Å². The highest BCUT2D eigenvalue weighted by atomic mass is 32.1. The zero-order chi connectivity index (χ0) is 22.2. The Morgan fingerprint density at radius 1 is 0.938 bits per heavy atom. The Bertz CT molecular complexity index is 1280. The van der Waals surface area contributed by atoms with Crippen LogP contribution >= 0.6 is 12.2 Å². The number of nitrogens with zero attached hydrogens (tertiary/aromatic N) is 3. The Morgan fingerprint density at radius 2 is 1.75 bits per heavy atom. The van der Waals surface area contributed by atoms with Crippen molar-refractivity contribution in [3.05, 3.63) is 114 Å². The van der Waals surface area contributed by atoms with Crippen LogP contribution in [0, 0.1) is 19.7 Å². The molecule has 0 bridgehead atoms. The lowest BCUT2D eigenvalue weighted by atomic mass is 10.0. The lowest BCUT2D eigenvalue weighted by Gasteiger charge is -2.29. The molecule has 2 aromatic carbocycles. The highest BCUT2D eigenvalue weighted by molar-refractivity contribution is 7.80. The maximum atomic E-state index is 14.9. The second kappa shape index (κ2) is 8.20. The zero-order valence-corrected chi connectivity index (χ0v) is 18.7. The van der Waals surface area contributed by atoms with Crippen LogP contribution in [0.4, 0.5) is 10.1 Å². The average molecular weight is 443 g/mol. The van der Waals surface area contributed by atoms with Crippen molar-refractivity contribution >= 4 is 23.0 Å². The Kier molecular flexibility index (Phi) is 5.23. The van der Waals surface area contributed by atoms with E-state index in [4.69, 9.17) is 12.2 Å². The summed E-state index contributed by atoms with van der Waals surface area (Å²) >= 11 is 5.72. The highest BCUT2D eigenvalue weighted by Crippen LogP contribution is 2.42. The lowest BCUT2D eigenvalue weighted by molar-refractivity contribution is 0.542. The molecule has 5 rings (SSSR count). The van der Waals surface area contributed by atoms with Crippen LogP contribution in [0.3, 0.4) is 0 Å². The van der Waals surface area contributed by atoms with E-state index in [1.54, 1.807) is 18.3 Å². The molecule has 2 atom stereocenters. The molecule has 4 aromatic rings. The van der Waals surface area contributed by atoms with E-state index < -0.39 is 0 Å². The largest absolute Gasteiger partial charge is 0.351 e. The van der Waals surface area contributed by atoms with E-state index in [9.17, 15) is 4.39 Å². The van der Waals surface area contributed by atoms with E-state index >= 15 is 0 Å². The number of benzene rings is 2. The fraction of sp³-hybridized carbons (Fsp3) is 0.154. The molecule has 1 aliphatic heterocycles. The van der Waals surface area contributed by atoms with Crippen molar-refractivity contribution in [2.45, 2.75) is 25.9 Å². The summed E-state index contributed by atoms with van der Waals surface area (Å²) in [4.78, 5) is 6.45. The van der Waals surface area contributed by atoms with Gasteiger partial charge in [-0.2, -0.15) is 0 Å². The Balaban J connectivity index is 1.69. The van der Waals surface area contributed by atoms with Crippen molar-refractivity contribution in [2.75, 3.05) is 4.90 Å². The molecular weight excluding hydrogens is 419 g/mol. The van der Waals surface area contributed by atoms with Crippen molar-refractivity contribution in [1.82, 2.24) is 14.9 Å². The van der Waals surface area contributed by atoms with Gasteiger partial charge in [0.25, 0.3) is 0 Å². The Labute approximate surface area is 192 Å². The monoisotopic (exact) mass is 442 g/mol. The number of aromatic nitrogens is 2. The highest BCUT2D eigenvalue weighted by Gasteiger charge is 2.42. The van der Waals surface area contributed by atoms with Crippen molar-refractivity contribution < 1.29 is 4.39 Å². The average Bonchev–Trinajstić information content (AvgIpc) is 3.41. The van der Waals surface area contributed by atoms with Crippen LogP contribution in [-0.4, -0.2) is 14.7 Å². The summed E-state index contributed by atoms with van der Waals surface area (Å²) in [5.74, 6) is -0.312. The van der Waals surface area contributed by atoms with Crippen molar-refractivity contribution in [2.24, 2.45) is 0 Å². The van der Waals surface area contributed by atoms with Gasteiger partial charge >= 0.3 is 0 Å². The van der Waals surface area contributed by atoms with E-state index in [1.807, 2.05) is 41.4 Å². The molecule has 4 nitrogen and oxygen atoms in total. The van der Waals surface area contributed by atoms with Crippen LogP contribution in [0.15, 0.2) is 85.2 Å². The van der Waals surface area contributed by atoms with Gasteiger partial charge in [-0.3, -0.25) is 4.98 Å². The van der Waals surface area contributed by atoms with Gasteiger partial charge in [0.15, 0.2) is 5.11 Å². The fourth-order valence-electron chi connectivity index (χ4n) is 4.31. The van der Waals surface area contributed by atoms with Crippen LogP contribution in [-0.2, 0) is 0 Å². The van der Waals surface area contributed by atoms with Gasteiger partial charge in [-0.15, -0.1) is 0 Å². The minimum absolute atomic E-state index is 0.233. The van der Waals surface area contributed by atoms with Gasteiger partial charge in [-0.25, -0.2) is 4.39 Å². The third-order valence-corrected chi connectivity index (χ3v) is 6.38. The molecule has 1 aliphatic rings. The molecule has 0 radical (unpaired) electrons. The van der Waals surface area contributed by atoms with E-state index in [0.29, 0.717) is 10.8 Å². The van der Waals surface area contributed by atoms with E-state index in [-0.39, 0.29) is 17.9 Å². The number of anilines is 1. The summed E-state index contributed by atoms with van der Waals surface area (Å²) in [5, 5.41) is 3.87. The molecule has 1 fully saturated rings. The first-order chi connectivity index (χ1) is 15.5. The van der Waals surface area contributed by atoms with Gasteiger partial charge in [0.1, 0.15) is 11.9 Å². The standard InChI is InChI=1S/C26H23FN4S/c1-17-12-13-19(16-18(17)2)30-15-7-11-23(30)25-24(21-9-5-6-14-28-21)29-26(32)31(25)22-10-4-3-8-20(22)27/h3-16,24-25H,1-2H3,(H,29,32)/t24-,25+/m0/s1. The topological polar surface area (TPSA) is 33.1 Å². The van der Waals surface area contributed by atoms with Gasteiger partial charge in [0, 0.05) is 23.8 Å². The molecule has 0 spiro atoms.